The first-order valence-corrected chi connectivity index (χ1v) is 8.11. The predicted molar refractivity (Wildman–Crippen MR) is 90.9 cm³/mol. The lowest BCUT2D eigenvalue weighted by molar-refractivity contribution is 0.265. The Morgan fingerprint density at radius 3 is 2.57 bits per heavy atom. The summed E-state index contributed by atoms with van der Waals surface area (Å²) < 4.78 is 1.09. The Hall–Kier alpha value is -1.23. The lowest BCUT2D eigenvalue weighted by Gasteiger charge is -2.22. The van der Waals surface area contributed by atoms with Crippen LogP contribution in [0.25, 0.3) is 0 Å². The van der Waals surface area contributed by atoms with Gasteiger partial charge in [-0.3, -0.25) is 9.88 Å². The fraction of sp³-hybridized carbons (Fsp3) is 0.353. The van der Waals surface area contributed by atoms with Crippen LogP contribution in [0.2, 0.25) is 0 Å². The van der Waals surface area contributed by atoms with Crippen LogP contribution >= 0.6 is 15.9 Å². The quantitative estimate of drug-likeness (QED) is 0.829. The second-order valence-electron chi connectivity index (χ2n) is 5.14. The van der Waals surface area contributed by atoms with Gasteiger partial charge < -0.3 is 5.73 Å². The summed E-state index contributed by atoms with van der Waals surface area (Å²) in [4.78, 5) is 6.76. The molecule has 0 aliphatic heterocycles. The van der Waals surface area contributed by atoms with Crippen LogP contribution < -0.4 is 5.73 Å². The fourth-order valence-electron chi connectivity index (χ4n) is 2.27. The van der Waals surface area contributed by atoms with Crippen LogP contribution in [-0.4, -0.2) is 23.0 Å². The second-order valence-corrected chi connectivity index (χ2v) is 6.05. The molecule has 0 fully saturated rings. The lowest BCUT2D eigenvalue weighted by atomic mass is 10.0. The summed E-state index contributed by atoms with van der Waals surface area (Å²) in [6, 6.07) is 14.4. The molecule has 0 aliphatic carbocycles. The van der Waals surface area contributed by atoms with Crippen LogP contribution in [0.1, 0.15) is 30.6 Å². The van der Waals surface area contributed by atoms with Crippen LogP contribution in [0, 0.1) is 0 Å². The number of benzene rings is 1. The van der Waals surface area contributed by atoms with Gasteiger partial charge in [0.05, 0.1) is 5.69 Å². The highest BCUT2D eigenvalue weighted by Crippen LogP contribution is 2.18. The number of nitrogens with zero attached hydrogens (tertiary/aromatic N) is 2. The van der Waals surface area contributed by atoms with Gasteiger partial charge in [0.2, 0.25) is 0 Å². The van der Waals surface area contributed by atoms with Crippen molar-refractivity contribution in [3.05, 3.63) is 64.4 Å². The average Bonchev–Trinajstić information content (AvgIpc) is 2.52. The molecule has 0 spiro atoms. The number of hydrogen-bond acceptors (Lipinski definition) is 3. The molecule has 1 aromatic carbocycles. The minimum atomic E-state index is 0.0795. The average molecular weight is 348 g/mol. The molecule has 1 unspecified atom stereocenters. The molecule has 0 bridgehead atoms. The summed E-state index contributed by atoms with van der Waals surface area (Å²) in [7, 11) is 0. The summed E-state index contributed by atoms with van der Waals surface area (Å²) in [5, 5.41) is 0. The molecular weight excluding hydrogens is 326 g/mol. The third-order valence-corrected chi connectivity index (χ3v) is 4.14. The third kappa shape index (κ3) is 5.23. The fourth-order valence-corrected chi connectivity index (χ4v) is 2.53. The summed E-state index contributed by atoms with van der Waals surface area (Å²) >= 11 is 3.45. The minimum Gasteiger partial charge on any atom is -0.324 e. The summed E-state index contributed by atoms with van der Waals surface area (Å²) in [6.07, 6.45) is 2.79. The molecule has 0 radical (unpaired) electrons. The highest BCUT2D eigenvalue weighted by atomic mass is 79.9. The Morgan fingerprint density at radius 1 is 1.19 bits per heavy atom. The van der Waals surface area contributed by atoms with Gasteiger partial charge in [0.25, 0.3) is 0 Å². The van der Waals surface area contributed by atoms with E-state index in [2.05, 4.69) is 50.9 Å². The zero-order chi connectivity index (χ0) is 15.1. The van der Waals surface area contributed by atoms with Crippen molar-refractivity contribution in [3.8, 4) is 0 Å². The largest absolute Gasteiger partial charge is 0.324 e. The van der Waals surface area contributed by atoms with Crippen molar-refractivity contribution in [1.29, 1.82) is 0 Å². The van der Waals surface area contributed by atoms with Crippen molar-refractivity contribution in [3.63, 3.8) is 0 Å². The van der Waals surface area contributed by atoms with Gasteiger partial charge in [-0.05, 0) is 42.8 Å². The molecule has 112 valence electrons. The van der Waals surface area contributed by atoms with E-state index in [1.54, 1.807) is 0 Å². The molecule has 3 nitrogen and oxygen atoms in total. The van der Waals surface area contributed by atoms with Gasteiger partial charge in [0.15, 0.2) is 0 Å². The Balaban J connectivity index is 1.86. The number of halogens is 1. The molecule has 0 saturated carbocycles. The van der Waals surface area contributed by atoms with Crippen molar-refractivity contribution >= 4 is 15.9 Å². The van der Waals surface area contributed by atoms with Gasteiger partial charge in [-0.1, -0.05) is 41.1 Å². The Bertz CT molecular complexity index is 527. The Morgan fingerprint density at radius 2 is 1.95 bits per heavy atom. The molecule has 0 aliphatic rings. The SMILES string of the molecule is CCN(CCC(N)c1ccc(Br)cc1)Cc1ccccn1. The van der Waals surface area contributed by atoms with Gasteiger partial charge in [0, 0.05) is 29.8 Å². The van der Waals surface area contributed by atoms with Crippen molar-refractivity contribution < 1.29 is 0 Å². The second kappa shape index (κ2) is 8.27. The van der Waals surface area contributed by atoms with Crippen LogP contribution in [-0.2, 0) is 6.54 Å². The molecule has 1 atom stereocenters. The standard InChI is InChI=1S/C17H22BrN3/c1-2-21(13-16-5-3-4-11-20-16)12-10-17(19)14-6-8-15(18)9-7-14/h3-9,11,17H,2,10,12-13,19H2,1H3. The van der Waals surface area contributed by atoms with Crippen LogP contribution in [0.4, 0.5) is 0 Å². The highest BCUT2D eigenvalue weighted by molar-refractivity contribution is 9.10. The molecular formula is C17H22BrN3. The van der Waals surface area contributed by atoms with Gasteiger partial charge in [-0.25, -0.2) is 0 Å². The normalized spacial score (nSPS) is 12.6. The van der Waals surface area contributed by atoms with Gasteiger partial charge in [-0.15, -0.1) is 0 Å². The summed E-state index contributed by atoms with van der Waals surface area (Å²) in [6.45, 7) is 5.03. The summed E-state index contributed by atoms with van der Waals surface area (Å²) in [5.41, 5.74) is 8.58. The highest BCUT2D eigenvalue weighted by Gasteiger charge is 2.10. The van der Waals surface area contributed by atoms with E-state index in [9.17, 15) is 0 Å². The van der Waals surface area contributed by atoms with Crippen LogP contribution in [0.3, 0.4) is 0 Å². The van der Waals surface area contributed by atoms with E-state index in [1.807, 2.05) is 30.5 Å². The van der Waals surface area contributed by atoms with Crippen LogP contribution in [0.5, 0.6) is 0 Å². The zero-order valence-electron chi connectivity index (χ0n) is 12.4. The van der Waals surface area contributed by atoms with E-state index in [1.165, 1.54) is 5.56 Å². The molecule has 0 saturated heterocycles. The molecule has 2 N–H and O–H groups in total. The predicted octanol–water partition coefficient (Wildman–Crippen LogP) is 3.76. The number of pyridine rings is 1. The number of hydrogen-bond donors (Lipinski definition) is 1. The van der Waals surface area contributed by atoms with Crippen LogP contribution in [0.15, 0.2) is 53.1 Å². The molecule has 21 heavy (non-hydrogen) atoms. The zero-order valence-corrected chi connectivity index (χ0v) is 14.0. The van der Waals surface area contributed by atoms with E-state index in [0.717, 1.165) is 36.2 Å². The monoisotopic (exact) mass is 347 g/mol. The first kappa shape index (κ1) is 16.1. The first-order chi connectivity index (χ1) is 10.2. The number of aromatic nitrogens is 1. The Kier molecular flexibility index (Phi) is 6.36. The maximum absolute atomic E-state index is 6.28. The topological polar surface area (TPSA) is 42.1 Å². The van der Waals surface area contributed by atoms with Crippen molar-refractivity contribution in [1.82, 2.24) is 9.88 Å². The third-order valence-electron chi connectivity index (χ3n) is 3.61. The first-order valence-electron chi connectivity index (χ1n) is 7.32. The van der Waals surface area contributed by atoms with Crippen molar-refractivity contribution in [2.75, 3.05) is 13.1 Å². The molecule has 2 rings (SSSR count). The minimum absolute atomic E-state index is 0.0795. The number of nitrogens with two attached hydrogens (primary N) is 1. The van der Waals surface area contributed by atoms with E-state index in [-0.39, 0.29) is 6.04 Å². The van der Waals surface area contributed by atoms with Gasteiger partial charge >= 0.3 is 0 Å². The smallest absolute Gasteiger partial charge is 0.0543 e. The van der Waals surface area contributed by atoms with E-state index in [4.69, 9.17) is 5.73 Å². The molecule has 2 aromatic rings. The van der Waals surface area contributed by atoms with E-state index in [0.29, 0.717) is 0 Å². The molecule has 1 heterocycles. The maximum atomic E-state index is 6.28. The molecule has 0 amide bonds. The molecule has 4 heteroatoms. The molecule has 1 aromatic heterocycles. The van der Waals surface area contributed by atoms with Crippen molar-refractivity contribution in [2.45, 2.75) is 25.9 Å². The maximum Gasteiger partial charge on any atom is 0.0543 e. The van der Waals surface area contributed by atoms with Gasteiger partial charge in [0.1, 0.15) is 0 Å². The lowest BCUT2D eigenvalue weighted by Crippen LogP contribution is -2.27. The van der Waals surface area contributed by atoms with Crippen molar-refractivity contribution in [2.24, 2.45) is 5.73 Å². The van der Waals surface area contributed by atoms with E-state index < -0.39 is 0 Å². The van der Waals surface area contributed by atoms with E-state index >= 15 is 0 Å². The summed E-state index contributed by atoms with van der Waals surface area (Å²) in [5.74, 6) is 0. The number of rotatable bonds is 7. The van der Waals surface area contributed by atoms with Gasteiger partial charge in [-0.2, -0.15) is 0 Å². The Labute approximate surface area is 135 Å².